The highest BCUT2D eigenvalue weighted by Gasteiger charge is 2.25. The van der Waals surface area contributed by atoms with Gasteiger partial charge in [0.05, 0.1) is 0 Å². The molecule has 96 valence electrons. The maximum Gasteiger partial charge on any atom is 0.161 e. The quantitative estimate of drug-likeness (QED) is 0.755. The summed E-state index contributed by atoms with van der Waals surface area (Å²) in [5.74, 6) is 1.20. The molecule has 0 aliphatic rings. The SMILES string of the molecule is CCOC(C)(C)c1nc(Cl)cc(CC(C)C)n1. The fourth-order valence-corrected chi connectivity index (χ4v) is 1.89. The van der Waals surface area contributed by atoms with E-state index >= 15 is 0 Å². The van der Waals surface area contributed by atoms with Crippen molar-refractivity contribution in [3.05, 3.63) is 22.7 Å². The summed E-state index contributed by atoms with van der Waals surface area (Å²) in [4.78, 5) is 8.80. The molecule has 0 N–H and O–H groups in total. The zero-order valence-corrected chi connectivity index (χ0v) is 12.0. The number of rotatable bonds is 5. The normalized spacial score (nSPS) is 12.2. The Morgan fingerprint density at radius 1 is 1.35 bits per heavy atom. The summed E-state index contributed by atoms with van der Waals surface area (Å²) in [6.45, 7) is 10.8. The molecule has 0 aliphatic heterocycles. The van der Waals surface area contributed by atoms with Crippen LogP contribution >= 0.6 is 11.6 Å². The summed E-state index contributed by atoms with van der Waals surface area (Å²) in [5, 5.41) is 0.485. The molecule has 0 atom stereocenters. The molecule has 1 aromatic heterocycles. The molecule has 0 saturated heterocycles. The first-order chi connectivity index (χ1) is 7.85. The summed E-state index contributed by atoms with van der Waals surface area (Å²) in [7, 11) is 0. The molecule has 0 unspecified atom stereocenters. The van der Waals surface area contributed by atoms with Crippen LogP contribution < -0.4 is 0 Å². The molecule has 0 radical (unpaired) electrons. The Morgan fingerprint density at radius 2 is 2.00 bits per heavy atom. The second-order valence-corrected chi connectivity index (χ2v) is 5.43. The number of hydrogen-bond acceptors (Lipinski definition) is 3. The van der Waals surface area contributed by atoms with Crippen LogP contribution in [0.2, 0.25) is 5.15 Å². The van der Waals surface area contributed by atoms with Crippen molar-refractivity contribution in [1.29, 1.82) is 0 Å². The Bertz CT molecular complexity index is 378. The van der Waals surface area contributed by atoms with Gasteiger partial charge in [0.1, 0.15) is 10.8 Å². The number of halogens is 1. The van der Waals surface area contributed by atoms with Gasteiger partial charge in [-0.05, 0) is 39.2 Å². The molecule has 1 rings (SSSR count). The average molecular weight is 257 g/mol. The van der Waals surface area contributed by atoms with Gasteiger partial charge in [0, 0.05) is 12.3 Å². The molecule has 0 aliphatic carbocycles. The molecule has 0 bridgehead atoms. The Hall–Kier alpha value is -0.670. The molecule has 0 saturated carbocycles. The van der Waals surface area contributed by atoms with Gasteiger partial charge in [0.2, 0.25) is 0 Å². The molecule has 0 fully saturated rings. The van der Waals surface area contributed by atoms with Crippen molar-refractivity contribution in [1.82, 2.24) is 9.97 Å². The van der Waals surface area contributed by atoms with E-state index in [4.69, 9.17) is 16.3 Å². The topological polar surface area (TPSA) is 35.0 Å². The Labute approximate surface area is 109 Å². The zero-order chi connectivity index (χ0) is 13.1. The van der Waals surface area contributed by atoms with Crippen LogP contribution in [0.5, 0.6) is 0 Å². The van der Waals surface area contributed by atoms with Crippen LogP contribution in [0.25, 0.3) is 0 Å². The third-order valence-electron chi connectivity index (χ3n) is 2.41. The fourth-order valence-electron chi connectivity index (χ4n) is 1.68. The van der Waals surface area contributed by atoms with Gasteiger partial charge in [-0.1, -0.05) is 25.4 Å². The van der Waals surface area contributed by atoms with Crippen molar-refractivity contribution in [2.45, 2.75) is 46.6 Å². The Morgan fingerprint density at radius 3 is 2.53 bits per heavy atom. The van der Waals surface area contributed by atoms with Crippen molar-refractivity contribution >= 4 is 11.6 Å². The van der Waals surface area contributed by atoms with Gasteiger partial charge in [-0.3, -0.25) is 0 Å². The van der Waals surface area contributed by atoms with Gasteiger partial charge in [0.15, 0.2) is 5.82 Å². The lowest BCUT2D eigenvalue weighted by molar-refractivity contribution is -0.0209. The fraction of sp³-hybridized carbons (Fsp3) is 0.692. The molecular formula is C13H21ClN2O. The van der Waals surface area contributed by atoms with E-state index in [1.165, 1.54) is 0 Å². The van der Waals surface area contributed by atoms with Gasteiger partial charge >= 0.3 is 0 Å². The van der Waals surface area contributed by atoms with Gasteiger partial charge in [0.25, 0.3) is 0 Å². The Balaban J connectivity index is 3.04. The van der Waals surface area contributed by atoms with E-state index in [2.05, 4.69) is 23.8 Å². The number of ether oxygens (including phenoxy) is 1. The van der Waals surface area contributed by atoms with Gasteiger partial charge in [-0.25, -0.2) is 9.97 Å². The predicted molar refractivity (Wildman–Crippen MR) is 70.2 cm³/mol. The number of nitrogens with zero attached hydrogens (tertiary/aromatic N) is 2. The lowest BCUT2D eigenvalue weighted by Crippen LogP contribution is -2.25. The van der Waals surface area contributed by atoms with Crippen LogP contribution in [0, 0.1) is 5.92 Å². The molecule has 0 amide bonds. The summed E-state index contributed by atoms with van der Waals surface area (Å²) < 4.78 is 5.65. The number of aromatic nitrogens is 2. The summed E-state index contributed by atoms with van der Waals surface area (Å²) >= 11 is 6.03. The average Bonchev–Trinajstić information content (AvgIpc) is 2.15. The van der Waals surface area contributed by atoms with Crippen LogP contribution in [0.4, 0.5) is 0 Å². The molecule has 17 heavy (non-hydrogen) atoms. The number of hydrogen-bond donors (Lipinski definition) is 0. The van der Waals surface area contributed by atoms with Crippen molar-refractivity contribution in [2.75, 3.05) is 6.61 Å². The first kappa shape index (κ1) is 14.4. The first-order valence-electron chi connectivity index (χ1n) is 6.03. The van der Waals surface area contributed by atoms with Gasteiger partial charge < -0.3 is 4.74 Å². The van der Waals surface area contributed by atoms with Crippen LogP contribution in [-0.2, 0) is 16.8 Å². The van der Waals surface area contributed by atoms with E-state index in [0.29, 0.717) is 23.5 Å². The van der Waals surface area contributed by atoms with E-state index in [9.17, 15) is 0 Å². The van der Waals surface area contributed by atoms with E-state index in [1.54, 1.807) is 0 Å². The molecule has 1 heterocycles. The van der Waals surface area contributed by atoms with Crippen molar-refractivity contribution in [2.24, 2.45) is 5.92 Å². The smallest absolute Gasteiger partial charge is 0.161 e. The largest absolute Gasteiger partial charge is 0.368 e. The monoisotopic (exact) mass is 256 g/mol. The molecule has 1 aromatic rings. The predicted octanol–water partition coefficient (Wildman–Crippen LogP) is 3.60. The lowest BCUT2D eigenvalue weighted by Gasteiger charge is -2.23. The van der Waals surface area contributed by atoms with Crippen molar-refractivity contribution < 1.29 is 4.74 Å². The first-order valence-corrected chi connectivity index (χ1v) is 6.41. The van der Waals surface area contributed by atoms with Crippen LogP contribution in [0.3, 0.4) is 0 Å². The molecule has 0 spiro atoms. The minimum Gasteiger partial charge on any atom is -0.368 e. The molecule has 0 aromatic carbocycles. The molecule has 3 nitrogen and oxygen atoms in total. The lowest BCUT2D eigenvalue weighted by atomic mass is 10.1. The molecular weight excluding hydrogens is 236 g/mol. The minimum atomic E-state index is -0.495. The van der Waals surface area contributed by atoms with E-state index < -0.39 is 5.60 Å². The standard InChI is InChI=1S/C13H21ClN2O/c1-6-17-13(4,5)12-15-10(7-9(2)3)8-11(14)16-12/h8-9H,6-7H2,1-5H3. The summed E-state index contributed by atoms with van der Waals surface area (Å²) in [5.41, 5.74) is 0.480. The van der Waals surface area contributed by atoms with Crippen molar-refractivity contribution in [3.63, 3.8) is 0 Å². The van der Waals surface area contributed by atoms with Crippen LogP contribution in [0.1, 0.15) is 46.1 Å². The minimum absolute atomic E-state index is 0.485. The molecule has 4 heteroatoms. The zero-order valence-electron chi connectivity index (χ0n) is 11.2. The maximum atomic E-state index is 6.03. The second-order valence-electron chi connectivity index (χ2n) is 5.05. The van der Waals surface area contributed by atoms with Crippen molar-refractivity contribution in [3.8, 4) is 0 Å². The van der Waals surface area contributed by atoms with Crippen LogP contribution in [0.15, 0.2) is 6.07 Å². The third-order valence-corrected chi connectivity index (χ3v) is 2.60. The van der Waals surface area contributed by atoms with E-state index in [1.807, 2.05) is 26.8 Å². The highest BCUT2D eigenvalue weighted by Crippen LogP contribution is 2.23. The Kier molecular flexibility index (Phi) is 4.90. The van der Waals surface area contributed by atoms with Crippen LogP contribution in [-0.4, -0.2) is 16.6 Å². The summed E-state index contributed by atoms with van der Waals surface area (Å²) in [6.07, 6.45) is 0.900. The second kappa shape index (κ2) is 5.78. The van der Waals surface area contributed by atoms with E-state index in [0.717, 1.165) is 12.1 Å². The highest BCUT2D eigenvalue weighted by molar-refractivity contribution is 6.29. The summed E-state index contributed by atoms with van der Waals surface area (Å²) in [6, 6.07) is 1.83. The maximum absolute atomic E-state index is 6.03. The van der Waals surface area contributed by atoms with E-state index in [-0.39, 0.29) is 0 Å². The van der Waals surface area contributed by atoms with Gasteiger partial charge in [-0.2, -0.15) is 0 Å². The van der Waals surface area contributed by atoms with Gasteiger partial charge in [-0.15, -0.1) is 0 Å². The third kappa shape index (κ3) is 4.25. The highest BCUT2D eigenvalue weighted by atomic mass is 35.5.